The maximum absolute atomic E-state index is 14.6. The molecule has 4 amide bonds. The van der Waals surface area contributed by atoms with Crippen molar-refractivity contribution in [3.05, 3.63) is 65.0 Å². The van der Waals surface area contributed by atoms with Crippen molar-refractivity contribution in [3.63, 3.8) is 0 Å². The van der Waals surface area contributed by atoms with Gasteiger partial charge in [0.1, 0.15) is 35.3 Å². The highest BCUT2D eigenvalue weighted by Crippen LogP contribution is 2.32. The molecule has 248 valence electrons. The van der Waals surface area contributed by atoms with Crippen LogP contribution in [-0.2, 0) is 37.4 Å². The Kier molecular flexibility index (Phi) is 12.1. The number of nitrogens with two attached hydrogens (primary N) is 1. The number of phenolic OH excluding ortho intramolecular Hbond substituents is 1. The number of alkyl carbamates (subject to hydrolysis) is 1. The molecule has 2 aromatic rings. The standard InChI is InChI=1S/C34H49FN4O6/c1-20(2)28(31(43)38(9)26(29(36)41)18-21-15-16-27(40)23(17-21)33(3,4)5)39(10)30(42)25(37-32(44)45-34(6,7)8)19-22-13-11-12-14-24(22)35/h11-17,20,25-26,28,40H,18-19H2,1-10H3,(H2,36,41)(H,37,44)/t25-,26-,28-/m0/s1. The van der Waals surface area contributed by atoms with Gasteiger partial charge in [-0.05, 0) is 60.9 Å². The Morgan fingerprint density at radius 2 is 1.53 bits per heavy atom. The van der Waals surface area contributed by atoms with Gasteiger partial charge >= 0.3 is 6.09 Å². The number of carbonyl (C=O) groups excluding carboxylic acids is 4. The summed E-state index contributed by atoms with van der Waals surface area (Å²) in [5, 5.41) is 12.9. The predicted molar refractivity (Wildman–Crippen MR) is 171 cm³/mol. The smallest absolute Gasteiger partial charge is 0.408 e. The Hall–Kier alpha value is -4.15. The highest BCUT2D eigenvalue weighted by Gasteiger charge is 2.39. The van der Waals surface area contributed by atoms with E-state index in [9.17, 15) is 28.7 Å². The van der Waals surface area contributed by atoms with Crippen LogP contribution < -0.4 is 11.1 Å². The van der Waals surface area contributed by atoms with Crippen molar-refractivity contribution in [1.82, 2.24) is 15.1 Å². The number of benzene rings is 2. The summed E-state index contributed by atoms with van der Waals surface area (Å²) in [4.78, 5) is 55.8. The van der Waals surface area contributed by atoms with E-state index in [1.54, 1.807) is 58.9 Å². The van der Waals surface area contributed by atoms with Gasteiger partial charge in [0.25, 0.3) is 0 Å². The number of ether oxygens (including phenoxy) is 1. The molecule has 0 aliphatic rings. The number of hydrogen-bond acceptors (Lipinski definition) is 6. The molecule has 0 saturated heterocycles. The maximum atomic E-state index is 14.6. The van der Waals surface area contributed by atoms with Crippen LogP contribution in [0.4, 0.5) is 9.18 Å². The van der Waals surface area contributed by atoms with Crippen LogP contribution in [0.1, 0.15) is 72.1 Å². The van der Waals surface area contributed by atoms with Gasteiger partial charge in [-0.25, -0.2) is 9.18 Å². The Morgan fingerprint density at radius 1 is 0.933 bits per heavy atom. The zero-order chi connectivity index (χ0) is 34.4. The van der Waals surface area contributed by atoms with Crippen LogP contribution in [0.2, 0.25) is 0 Å². The van der Waals surface area contributed by atoms with E-state index >= 15 is 0 Å². The SMILES string of the molecule is CC(C)[C@@H](C(=O)N(C)[C@@H](Cc1ccc(O)c(C(C)(C)C)c1)C(N)=O)N(C)C(=O)[C@H](Cc1ccccc1F)NC(=O)OC(C)(C)C. The van der Waals surface area contributed by atoms with Crippen LogP contribution in [-0.4, -0.2) is 76.5 Å². The minimum atomic E-state index is -1.26. The van der Waals surface area contributed by atoms with E-state index in [4.69, 9.17) is 10.5 Å². The van der Waals surface area contributed by atoms with Gasteiger partial charge in [-0.1, -0.05) is 65.0 Å². The van der Waals surface area contributed by atoms with Crippen LogP contribution in [0.5, 0.6) is 5.75 Å². The fourth-order valence-corrected chi connectivity index (χ4v) is 5.14. The molecule has 10 nitrogen and oxygen atoms in total. The first-order valence-electron chi connectivity index (χ1n) is 15.0. The van der Waals surface area contributed by atoms with Gasteiger partial charge in [-0.15, -0.1) is 0 Å². The Bertz CT molecular complexity index is 1380. The molecule has 0 fully saturated rings. The number of halogens is 1. The van der Waals surface area contributed by atoms with E-state index in [1.165, 1.54) is 42.1 Å². The van der Waals surface area contributed by atoms with Gasteiger partial charge in [0.2, 0.25) is 17.7 Å². The van der Waals surface area contributed by atoms with E-state index in [0.717, 1.165) is 0 Å². The molecule has 0 spiro atoms. The van der Waals surface area contributed by atoms with Crippen molar-refractivity contribution in [1.29, 1.82) is 0 Å². The summed E-state index contributed by atoms with van der Waals surface area (Å²) >= 11 is 0. The van der Waals surface area contributed by atoms with Gasteiger partial charge in [-0.3, -0.25) is 14.4 Å². The number of primary amides is 1. The van der Waals surface area contributed by atoms with Crippen molar-refractivity contribution >= 4 is 23.8 Å². The fraction of sp³-hybridized carbons (Fsp3) is 0.529. The highest BCUT2D eigenvalue weighted by molar-refractivity contribution is 5.93. The molecule has 0 saturated carbocycles. The van der Waals surface area contributed by atoms with Gasteiger partial charge in [-0.2, -0.15) is 0 Å². The number of hydrogen-bond donors (Lipinski definition) is 3. The summed E-state index contributed by atoms with van der Waals surface area (Å²) < 4.78 is 20.0. The molecular weight excluding hydrogens is 579 g/mol. The number of phenols is 1. The molecule has 0 heterocycles. The van der Waals surface area contributed by atoms with Crippen LogP contribution in [0, 0.1) is 11.7 Å². The zero-order valence-electron chi connectivity index (χ0n) is 28.1. The van der Waals surface area contributed by atoms with Crippen LogP contribution in [0.3, 0.4) is 0 Å². The quantitative estimate of drug-likeness (QED) is 0.339. The second-order valence-corrected chi connectivity index (χ2v) is 13.8. The second-order valence-electron chi connectivity index (χ2n) is 13.8. The second kappa shape index (κ2) is 14.8. The molecule has 0 radical (unpaired) electrons. The number of aromatic hydroxyl groups is 1. The van der Waals surface area contributed by atoms with E-state index < -0.39 is 59.3 Å². The average molecular weight is 629 g/mol. The number of nitrogens with one attached hydrogen (secondary N) is 1. The molecule has 0 aliphatic heterocycles. The molecule has 4 N–H and O–H groups in total. The van der Waals surface area contributed by atoms with E-state index in [-0.39, 0.29) is 29.6 Å². The summed E-state index contributed by atoms with van der Waals surface area (Å²) in [6.07, 6.45) is -0.975. The maximum Gasteiger partial charge on any atom is 0.408 e. The Balaban J connectivity index is 2.41. The van der Waals surface area contributed by atoms with Crippen molar-refractivity contribution in [2.75, 3.05) is 14.1 Å². The molecule has 0 aromatic heterocycles. The molecule has 3 atom stereocenters. The first-order valence-corrected chi connectivity index (χ1v) is 15.0. The summed E-state index contributed by atoms with van der Waals surface area (Å²) in [7, 11) is 2.88. The van der Waals surface area contributed by atoms with Crippen molar-refractivity contribution in [2.24, 2.45) is 11.7 Å². The predicted octanol–water partition coefficient (Wildman–Crippen LogP) is 4.30. The lowest BCUT2D eigenvalue weighted by atomic mass is 9.84. The van der Waals surface area contributed by atoms with Crippen molar-refractivity contribution < 1.29 is 33.4 Å². The number of likely N-dealkylation sites (N-methyl/N-ethyl adjacent to an activating group) is 2. The van der Waals surface area contributed by atoms with Crippen molar-refractivity contribution in [3.8, 4) is 5.75 Å². The van der Waals surface area contributed by atoms with Crippen LogP contribution >= 0.6 is 0 Å². The summed E-state index contributed by atoms with van der Waals surface area (Å²) in [5.74, 6) is -2.77. The normalized spacial score (nSPS) is 13.9. The summed E-state index contributed by atoms with van der Waals surface area (Å²) in [6.45, 7) is 14.4. The van der Waals surface area contributed by atoms with Crippen LogP contribution in [0.25, 0.3) is 0 Å². The number of carbonyl (C=O) groups is 4. The monoisotopic (exact) mass is 628 g/mol. The summed E-state index contributed by atoms with van der Waals surface area (Å²) in [5.41, 5.74) is 6.13. The third-order valence-corrected chi connectivity index (χ3v) is 7.46. The first-order chi connectivity index (χ1) is 20.6. The zero-order valence-corrected chi connectivity index (χ0v) is 28.1. The molecule has 45 heavy (non-hydrogen) atoms. The van der Waals surface area contributed by atoms with Gasteiger partial charge in [0.15, 0.2) is 0 Å². The number of rotatable bonds is 11. The number of nitrogens with zero attached hydrogens (tertiary/aromatic N) is 2. The van der Waals surface area contributed by atoms with Gasteiger partial charge < -0.3 is 30.7 Å². The molecule has 0 aliphatic carbocycles. The van der Waals surface area contributed by atoms with E-state index in [2.05, 4.69) is 5.32 Å². The lowest BCUT2D eigenvalue weighted by Crippen LogP contribution is -2.59. The van der Waals surface area contributed by atoms with E-state index in [0.29, 0.717) is 11.1 Å². The minimum Gasteiger partial charge on any atom is -0.508 e. The molecular formula is C34H49FN4O6. The van der Waals surface area contributed by atoms with E-state index in [1.807, 2.05) is 20.8 Å². The lowest BCUT2D eigenvalue weighted by Gasteiger charge is -2.37. The molecule has 11 heteroatoms. The first kappa shape index (κ1) is 37.0. The average Bonchev–Trinajstić information content (AvgIpc) is 2.90. The van der Waals surface area contributed by atoms with Gasteiger partial charge in [0, 0.05) is 26.9 Å². The topological polar surface area (TPSA) is 142 Å². The van der Waals surface area contributed by atoms with Gasteiger partial charge in [0.05, 0.1) is 0 Å². The molecule has 0 bridgehead atoms. The molecule has 2 aromatic carbocycles. The highest BCUT2D eigenvalue weighted by atomic mass is 19.1. The minimum absolute atomic E-state index is 0.0829. The number of amides is 4. The Labute approximate surface area is 266 Å². The largest absolute Gasteiger partial charge is 0.508 e. The van der Waals surface area contributed by atoms with Crippen molar-refractivity contribution in [2.45, 2.75) is 97.4 Å². The summed E-state index contributed by atoms with van der Waals surface area (Å²) in [6, 6.07) is 7.53. The van der Waals surface area contributed by atoms with Crippen LogP contribution in [0.15, 0.2) is 42.5 Å². The third kappa shape index (κ3) is 10.2. The molecule has 2 rings (SSSR count). The Morgan fingerprint density at radius 3 is 2.04 bits per heavy atom. The lowest BCUT2D eigenvalue weighted by molar-refractivity contribution is -0.149. The fourth-order valence-electron chi connectivity index (χ4n) is 5.14. The third-order valence-electron chi connectivity index (χ3n) is 7.46. The molecule has 0 unspecified atom stereocenters.